The molecule has 3 aromatic rings. The van der Waals surface area contributed by atoms with Crippen LogP contribution in [0.5, 0.6) is 0 Å². The van der Waals surface area contributed by atoms with E-state index in [2.05, 4.69) is 112 Å². The van der Waals surface area contributed by atoms with Gasteiger partial charge in [0.05, 0.1) is 16.8 Å². The first-order valence-electron chi connectivity index (χ1n) is 14.8. The molecule has 222 valence electrons. The Hall–Kier alpha value is -5.23. The van der Waals surface area contributed by atoms with E-state index in [1.165, 1.54) is 17.7 Å². The highest BCUT2D eigenvalue weighted by Gasteiger charge is 2.36. The second-order valence-corrected chi connectivity index (χ2v) is 11.2. The van der Waals surface area contributed by atoms with Crippen LogP contribution in [0.25, 0.3) is 5.57 Å². The van der Waals surface area contributed by atoms with Crippen LogP contribution < -0.4 is 9.80 Å². The normalized spacial score (nSPS) is 14.5. The molecule has 0 bridgehead atoms. The fourth-order valence-corrected chi connectivity index (χ4v) is 5.42. The average molecular weight is 584 g/mol. The van der Waals surface area contributed by atoms with Crippen LogP contribution in [0.2, 0.25) is 0 Å². The Morgan fingerprint density at radius 3 is 1.98 bits per heavy atom. The van der Waals surface area contributed by atoms with Crippen LogP contribution in [0.1, 0.15) is 38.8 Å². The predicted molar refractivity (Wildman–Crippen MR) is 182 cm³/mol. The molecule has 0 fully saturated rings. The van der Waals surface area contributed by atoms with Crippen molar-refractivity contribution in [1.29, 1.82) is 0 Å². The Balaban J connectivity index is 1.47. The van der Waals surface area contributed by atoms with Gasteiger partial charge in [-0.2, -0.15) is 0 Å². The van der Waals surface area contributed by atoms with Gasteiger partial charge in [-0.05, 0) is 77.7 Å². The number of amides is 2. The molecule has 1 aliphatic carbocycles. The molecule has 0 unspecified atom stereocenters. The maximum absolute atomic E-state index is 13.0. The monoisotopic (exact) mass is 583 g/mol. The van der Waals surface area contributed by atoms with E-state index in [1.807, 2.05) is 47.2 Å². The van der Waals surface area contributed by atoms with Gasteiger partial charge in [0.25, 0.3) is 11.8 Å². The van der Waals surface area contributed by atoms with E-state index in [-0.39, 0.29) is 11.8 Å². The van der Waals surface area contributed by atoms with E-state index in [0.29, 0.717) is 17.7 Å². The number of fused-ring (bicyclic) bond motifs is 1. The third kappa shape index (κ3) is 6.11. The fraction of sp³-hybridized carbons (Fsp3) is 0.184. The zero-order valence-electron chi connectivity index (χ0n) is 26.3. The number of carbonyl (C=O) groups excluding carboxylic acids is 2. The van der Waals surface area contributed by atoms with Gasteiger partial charge in [-0.1, -0.05) is 54.6 Å². The van der Waals surface area contributed by atoms with Gasteiger partial charge in [0, 0.05) is 51.2 Å². The average Bonchev–Trinajstić information content (AvgIpc) is 3.26. The lowest BCUT2D eigenvalue weighted by Gasteiger charge is -2.25. The van der Waals surface area contributed by atoms with Gasteiger partial charge in [0.2, 0.25) is 0 Å². The highest BCUT2D eigenvalue weighted by atomic mass is 16.2. The Morgan fingerprint density at radius 2 is 1.41 bits per heavy atom. The van der Waals surface area contributed by atoms with Crippen LogP contribution >= 0.6 is 0 Å². The number of hydrogen-bond acceptors (Lipinski definition) is 4. The molecule has 0 radical (unpaired) electrons. The molecule has 2 amide bonds. The number of imide groups is 1. The second-order valence-electron chi connectivity index (χ2n) is 11.2. The summed E-state index contributed by atoms with van der Waals surface area (Å²) in [7, 11) is 9.69. The van der Waals surface area contributed by atoms with Crippen LogP contribution in [0.15, 0.2) is 121 Å². The molecule has 0 saturated heterocycles. The molecule has 1 heterocycles. The van der Waals surface area contributed by atoms with Gasteiger partial charge in [0.15, 0.2) is 5.71 Å². The van der Waals surface area contributed by atoms with Crippen molar-refractivity contribution in [2.24, 2.45) is 0 Å². The van der Waals surface area contributed by atoms with Gasteiger partial charge in [-0.15, -0.1) is 0 Å². The van der Waals surface area contributed by atoms with Crippen molar-refractivity contribution in [1.82, 2.24) is 4.90 Å². The molecule has 2 aliphatic rings. The Morgan fingerprint density at radius 1 is 0.795 bits per heavy atom. The summed E-state index contributed by atoms with van der Waals surface area (Å²) in [6.45, 7) is 2.69. The standard InChI is InChI=1S/C38H39N4O2/c1-7-42(35-14-10-13-34-36(35)38(44)41(6)37(34)43)32-25-19-29(20-26-32)33(28-17-23-31(24-18-28)40(4)5)12-9-8-11-27-15-21-30(22-16-27)39(2)3/h8-26H,7H2,1-6H3/q+1. The molecule has 5 rings (SSSR count). The zero-order valence-corrected chi connectivity index (χ0v) is 26.3. The summed E-state index contributed by atoms with van der Waals surface area (Å²) >= 11 is 0. The van der Waals surface area contributed by atoms with E-state index in [1.54, 1.807) is 6.07 Å². The number of rotatable bonds is 8. The third-order valence-electron chi connectivity index (χ3n) is 7.96. The number of hydrogen-bond donors (Lipinski definition) is 0. The number of allylic oxidation sites excluding steroid dienone is 9. The molecule has 0 aromatic heterocycles. The summed E-state index contributed by atoms with van der Waals surface area (Å²) in [4.78, 5) is 30.9. The van der Waals surface area contributed by atoms with Crippen molar-refractivity contribution in [3.8, 4) is 0 Å². The molecule has 3 aromatic carbocycles. The Labute approximate surface area is 260 Å². The van der Waals surface area contributed by atoms with E-state index < -0.39 is 0 Å². The van der Waals surface area contributed by atoms with E-state index >= 15 is 0 Å². The quantitative estimate of drug-likeness (QED) is 0.165. The lowest BCUT2D eigenvalue weighted by molar-refractivity contribution is -0.462. The third-order valence-corrected chi connectivity index (χ3v) is 7.96. The van der Waals surface area contributed by atoms with Crippen LogP contribution in [0.4, 0.5) is 17.1 Å². The lowest BCUT2D eigenvalue weighted by atomic mass is 9.96. The van der Waals surface area contributed by atoms with E-state index in [9.17, 15) is 9.59 Å². The molecule has 6 heteroatoms. The fourth-order valence-electron chi connectivity index (χ4n) is 5.42. The minimum Gasteiger partial charge on any atom is -0.378 e. The number of nitrogens with zero attached hydrogens (tertiary/aromatic N) is 4. The topological polar surface area (TPSA) is 46.9 Å². The highest BCUT2D eigenvalue weighted by molar-refractivity contribution is 6.23. The second kappa shape index (κ2) is 13.0. The minimum atomic E-state index is -0.265. The first-order valence-corrected chi connectivity index (χ1v) is 14.8. The van der Waals surface area contributed by atoms with Crippen molar-refractivity contribution in [2.45, 2.75) is 6.92 Å². The van der Waals surface area contributed by atoms with Crippen LogP contribution in [0, 0.1) is 0 Å². The van der Waals surface area contributed by atoms with Gasteiger partial charge >= 0.3 is 0 Å². The molecular formula is C38H39N4O2+. The first kappa shape index (κ1) is 30.2. The maximum atomic E-state index is 13.0. The van der Waals surface area contributed by atoms with Crippen molar-refractivity contribution in [2.75, 3.05) is 51.6 Å². The van der Waals surface area contributed by atoms with Crippen molar-refractivity contribution in [3.05, 3.63) is 143 Å². The van der Waals surface area contributed by atoms with Gasteiger partial charge in [0.1, 0.15) is 14.1 Å². The largest absolute Gasteiger partial charge is 0.378 e. The molecular weight excluding hydrogens is 544 g/mol. The number of anilines is 3. The van der Waals surface area contributed by atoms with Gasteiger partial charge < -0.3 is 9.80 Å². The van der Waals surface area contributed by atoms with Crippen LogP contribution in [-0.4, -0.2) is 68.8 Å². The summed E-state index contributed by atoms with van der Waals surface area (Å²) in [5.74, 6) is -0.525. The minimum absolute atomic E-state index is 0.260. The lowest BCUT2D eigenvalue weighted by Crippen LogP contribution is -2.25. The molecule has 0 saturated carbocycles. The molecule has 0 spiro atoms. The maximum Gasteiger partial charge on any atom is 0.263 e. The van der Waals surface area contributed by atoms with Gasteiger partial charge in [-0.3, -0.25) is 14.5 Å². The summed E-state index contributed by atoms with van der Waals surface area (Å²) in [5, 5.41) is 0. The molecule has 0 atom stereocenters. The van der Waals surface area contributed by atoms with Crippen LogP contribution in [0.3, 0.4) is 0 Å². The van der Waals surface area contributed by atoms with E-state index in [0.717, 1.165) is 39.3 Å². The zero-order chi connectivity index (χ0) is 31.4. The SMILES string of the molecule is CCN(c1ccc(C(=CC=CC=C2C=CC(=[N+](C)C)C=C2)c2ccc(N(C)C)cc2)cc1)c1cccc2c1C(=O)N(C)C2=O. The highest BCUT2D eigenvalue weighted by Crippen LogP contribution is 2.36. The number of carbonyl (C=O) groups is 2. The Bertz CT molecular complexity index is 1750. The van der Waals surface area contributed by atoms with Crippen molar-refractivity contribution in [3.63, 3.8) is 0 Å². The van der Waals surface area contributed by atoms with Crippen molar-refractivity contribution >= 4 is 40.2 Å². The summed E-state index contributed by atoms with van der Waals surface area (Å²) in [5.41, 5.74) is 9.35. The van der Waals surface area contributed by atoms with Crippen molar-refractivity contribution < 1.29 is 14.2 Å². The Kier molecular flexibility index (Phi) is 8.91. The summed E-state index contributed by atoms with van der Waals surface area (Å²) < 4.78 is 2.09. The summed E-state index contributed by atoms with van der Waals surface area (Å²) in [6, 6.07) is 22.4. The summed E-state index contributed by atoms with van der Waals surface area (Å²) in [6.07, 6.45) is 16.9. The smallest absolute Gasteiger partial charge is 0.263 e. The predicted octanol–water partition coefficient (Wildman–Crippen LogP) is 6.89. The van der Waals surface area contributed by atoms with E-state index in [4.69, 9.17) is 0 Å². The number of benzene rings is 3. The van der Waals surface area contributed by atoms with Crippen LogP contribution in [-0.2, 0) is 0 Å². The molecule has 44 heavy (non-hydrogen) atoms. The first-order chi connectivity index (χ1) is 21.2. The molecule has 1 aliphatic heterocycles. The van der Waals surface area contributed by atoms with Gasteiger partial charge in [-0.25, -0.2) is 4.58 Å². The molecule has 6 nitrogen and oxygen atoms in total. The molecule has 0 N–H and O–H groups in total.